The molecule has 0 atom stereocenters. The molecule has 12 heavy (non-hydrogen) atoms. The van der Waals surface area contributed by atoms with Crippen LogP contribution in [0.15, 0.2) is 5.16 Å². The van der Waals surface area contributed by atoms with E-state index < -0.39 is 0 Å². The van der Waals surface area contributed by atoms with Gasteiger partial charge in [-0.3, -0.25) is 0 Å². The van der Waals surface area contributed by atoms with E-state index in [0.29, 0.717) is 12.3 Å². The molecule has 0 aliphatic rings. The third kappa shape index (κ3) is 7.34. The summed E-state index contributed by atoms with van der Waals surface area (Å²) >= 11 is 0. The van der Waals surface area contributed by atoms with Crippen molar-refractivity contribution in [3.63, 3.8) is 0 Å². The predicted octanol–water partition coefficient (Wildman–Crippen LogP) is 0.901. The molecule has 4 nitrogen and oxygen atoms in total. The number of rotatable bonds is 4. The molecule has 0 saturated heterocycles. The van der Waals surface area contributed by atoms with Crippen LogP contribution in [0.3, 0.4) is 0 Å². The molecule has 0 amide bonds. The maximum absolute atomic E-state index is 8.24. The Labute approximate surface area is 73.8 Å². The summed E-state index contributed by atoms with van der Waals surface area (Å²) in [4.78, 5) is 0. The van der Waals surface area contributed by atoms with Crippen molar-refractivity contribution in [2.75, 3.05) is 6.54 Å². The molecule has 0 aromatic rings. The summed E-state index contributed by atoms with van der Waals surface area (Å²) in [6, 6.07) is 0. The fourth-order valence-electron chi connectivity index (χ4n) is 0.783. The van der Waals surface area contributed by atoms with Gasteiger partial charge in [-0.15, -0.1) is 0 Å². The molecule has 72 valence electrons. The van der Waals surface area contributed by atoms with Gasteiger partial charge >= 0.3 is 0 Å². The van der Waals surface area contributed by atoms with Gasteiger partial charge in [-0.25, -0.2) is 0 Å². The Hall–Kier alpha value is -0.770. The molecular weight excluding hydrogens is 154 g/mol. The van der Waals surface area contributed by atoms with Crippen LogP contribution in [-0.4, -0.2) is 23.1 Å². The van der Waals surface area contributed by atoms with Gasteiger partial charge in [-0.1, -0.05) is 5.16 Å². The van der Waals surface area contributed by atoms with Crippen molar-refractivity contribution in [2.45, 2.75) is 39.2 Å². The summed E-state index contributed by atoms with van der Waals surface area (Å²) in [5.74, 6) is 0.297. The van der Waals surface area contributed by atoms with Gasteiger partial charge < -0.3 is 16.3 Å². The lowest BCUT2D eigenvalue weighted by molar-refractivity contribution is 0.316. The summed E-state index contributed by atoms with van der Waals surface area (Å²) in [6.45, 7) is 7.21. The molecule has 0 saturated carbocycles. The van der Waals surface area contributed by atoms with Crippen LogP contribution in [-0.2, 0) is 0 Å². The highest BCUT2D eigenvalue weighted by molar-refractivity contribution is 5.79. The van der Waals surface area contributed by atoms with Crippen LogP contribution in [0.4, 0.5) is 0 Å². The Kier molecular flexibility index (Phi) is 4.66. The number of nitrogens with one attached hydrogen (secondary N) is 1. The van der Waals surface area contributed by atoms with Crippen LogP contribution in [0.2, 0.25) is 0 Å². The molecule has 0 aliphatic carbocycles. The fourth-order valence-corrected chi connectivity index (χ4v) is 0.783. The highest BCUT2D eigenvalue weighted by Gasteiger charge is 2.07. The Bertz CT molecular complexity index is 149. The summed E-state index contributed by atoms with van der Waals surface area (Å²) in [7, 11) is 0. The molecule has 0 aromatic carbocycles. The zero-order chi connectivity index (χ0) is 9.61. The van der Waals surface area contributed by atoms with Crippen molar-refractivity contribution in [1.29, 1.82) is 0 Å². The van der Waals surface area contributed by atoms with Crippen molar-refractivity contribution in [3.8, 4) is 0 Å². The van der Waals surface area contributed by atoms with Crippen LogP contribution < -0.4 is 11.1 Å². The third-order valence-electron chi connectivity index (χ3n) is 1.39. The highest BCUT2D eigenvalue weighted by Crippen LogP contribution is 1.98. The van der Waals surface area contributed by atoms with E-state index in [4.69, 9.17) is 10.9 Å². The average molecular weight is 173 g/mol. The Balaban J connectivity index is 3.34. The minimum atomic E-state index is 0.144. The first-order valence-electron chi connectivity index (χ1n) is 4.17. The number of hydrogen-bond acceptors (Lipinski definition) is 3. The zero-order valence-electron chi connectivity index (χ0n) is 8.09. The van der Waals surface area contributed by atoms with E-state index in [-0.39, 0.29) is 5.54 Å². The molecule has 0 radical (unpaired) electrons. The van der Waals surface area contributed by atoms with Crippen LogP contribution in [0, 0.1) is 0 Å². The molecule has 0 fully saturated rings. The Morgan fingerprint density at radius 1 is 1.50 bits per heavy atom. The highest BCUT2D eigenvalue weighted by atomic mass is 16.4. The van der Waals surface area contributed by atoms with Gasteiger partial charge in [0.2, 0.25) is 0 Å². The monoisotopic (exact) mass is 173 g/mol. The zero-order valence-corrected chi connectivity index (χ0v) is 8.09. The van der Waals surface area contributed by atoms with Crippen molar-refractivity contribution in [3.05, 3.63) is 0 Å². The molecule has 0 aliphatic heterocycles. The van der Waals surface area contributed by atoms with E-state index in [2.05, 4.69) is 31.2 Å². The van der Waals surface area contributed by atoms with E-state index in [0.717, 1.165) is 13.0 Å². The minimum absolute atomic E-state index is 0.144. The molecule has 0 aromatic heterocycles. The van der Waals surface area contributed by atoms with Crippen molar-refractivity contribution in [1.82, 2.24) is 5.32 Å². The summed E-state index contributed by atoms with van der Waals surface area (Å²) in [5, 5.41) is 14.4. The second kappa shape index (κ2) is 4.98. The number of nitrogens with zero attached hydrogens (tertiary/aromatic N) is 1. The first-order chi connectivity index (χ1) is 5.45. The van der Waals surface area contributed by atoms with Crippen LogP contribution in [0.5, 0.6) is 0 Å². The van der Waals surface area contributed by atoms with Crippen LogP contribution in [0.25, 0.3) is 0 Å². The number of oxime groups is 1. The van der Waals surface area contributed by atoms with Crippen LogP contribution in [0.1, 0.15) is 33.6 Å². The normalized spacial score (nSPS) is 13.4. The van der Waals surface area contributed by atoms with E-state index in [9.17, 15) is 0 Å². The van der Waals surface area contributed by atoms with Gasteiger partial charge in [-0.2, -0.15) is 0 Å². The molecule has 4 N–H and O–H groups in total. The summed E-state index contributed by atoms with van der Waals surface area (Å²) in [5.41, 5.74) is 5.44. The molecular formula is C8H19N3O. The summed E-state index contributed by atoms with van der Waals surface area (Å²) in [6.07, 6.45) is 1.53. The molecule has 0 unspecified atom stereocenters. The Morgan fingerprint density at radius 2 is 2.08 bits per heavy atom. The van der Waals surface area contributed by atoms with Gasteiger partial charge in [0.05, 0.1) is 0 Å². The molecule has 0 bridgehead atoms. The topological polar surface area (TPSA) is 70.6 Å². The van der Waals surface area contributed by atoms with E-state index in [1.807, 2.05) is 0 Å². The second-order valence-electron chi connectivity index (χ2n) is 3.87. The molecule has 0 rings (SSSR count). The molecule has 4 heteroatoms. The standard InChI is InChI=1S/C8H19N3O/c1-8(2,3)10-6-4-5-7(9)11-12/h10,12H,4-6H2,1-3H3,(H2,9,11). The minimum Gasteiger partial charge on any atom is -0.409 e. The largest absolute Gasteiger partial charge is 0.409 e. The molecule has 0 spiro atoms. The number of nitrogens with two attached hydrogens (primary N) is 1. The van der Waals surface area contributed by atoms with Gasteiger partial charge in [-0.05, 0) is 33.7 Å². The maximum atomic E-state index is 8.24. The number of amidine groups is 1. The lowest BCUT2D eigenvalue weighted by Crippen LogP contribution is -2.36. The Morgan fingerprint density at radius 3 is 2.50 bits per heavy atom. The SMILES string of the molecule is CC(C)(C)NCCCC(N)=NO. The maximum Gasteiger partial charge on any atom is 0.139 e. The van der Waals surface area contributed by atoms with Gasteiger partial charge in [0.25, 0.3) is 0 Å². The van der Waals surface area contributed by atoms with Gasteiger partial charge in [0.15, 0.2) is 0 Å². The second-order valence-corrected chi connectivity index (χ2v) is 3.87. The average Bonchev–Trinajstić information content (AvgIpc) is 1.96. The summed E-state index contributed by atoms with van der Waals surface area (Å²) < 4.78 is 0. The van der Waals surface area contributed by atoms with Crippen molar-refractivity contribution >= 4 is 5.84 Å². The lowest BCUT2D eigenvalue weighted by Gasteiger charge is -2.20. The van der Waals surface area contributed by atoms with E-state index >= 15 is 0 Å². The van der Waals surface area contributed by atoms with Gasteiger partial charge in [0.1, 0.15) is 5.84 Å². The van der Waals surface area contributed by atoms with Crippen molar-refractivity contribution in [2.24, 2.45) is 10.9 Å². The van der Waals surface area contributed by atoms with Crippen molar-refractivity contribution < 1.29 is 5.21 Å². The van der Waals surface area contributed by atoms with Gasteiger partial charge in [0, 0.05) is 12.0 Å². The van der Waals surface area contributed by atoms with E-state index in [1.54, 1.807) is 0 Å². The molecule has 0 heterocycles. The van der Waals surface area contributed by atoms with Crippen LogP contribution >= 0.6 is 0 Å². The first-order valence-corrected chi connectivity index (χ1v) is 4.17. The predicted molar refractivity (Wildman–Crippen MR) is 50.4 cm³/mol. The quantitative estimate of drug-likeness (QED) is 0.194. The third-order valence-corrected chi connectivity index (χ3v) is 1.39. The number of hydrogen-bond donors (Lipinski definition) is 3. The van der Waals surface area contributed by atoms with E-state index in [1.165, 1.54) is 0 Å². The fraction of sp³-hybridized carbons (Fsp3) is 0.875. The first kappa shape index (κ1) is 11.2. The smallest absolute Gasteiger partial charge is 0.139 e. The lowest BCUT2D eigenvalue weighted by atomic mass is 10.1.